The van der Waals surface area contributed by atoms with E-state index in [-0.39, 0.29) is 5.91 Å². The minimum absolute atomic E-state index is 0.0200. The van der Waals surface area contributed by atoms with Crippen LogP contribution in [0.1, 0.15) is 31.4 Å². The summed E-state index contributed by atoms with van der Waals surface area (Å²) in [6.07, 6.45) is 6.07. The van der Waals surface area contributed by atoms with Gasteiger partial charge in [0.15, 0.2) is 0 Å². The minimum Gasteiger partial charge on any atom is -0.392 e. The minimum atomic E-state index is -0.612. The normalized spacial score (nSPS) is 17.1. The highest BCUT2D eigenvalue weighted by Gasteiger charge is 2.43. The summed E-state index contributed by atoms with van der Waals surface area (Å²) in [7, 11) is 0. The molecule has 1 aliphatic rings. The summed E-state index contributed by atoms with van der Waals surface area (Å²) in [5.41, 5.74) is 6.13. The van der Waals surface area contributed by atoms with Gasteiger partial charge in [-0.15, -0.1) is 0 Å². The number of aromatic nitrogens is 1. The zero-order valence-electron chi connectivity index (χ0n) is 10.9. The van der Waals surface area contributed by atoms with Crippen molar-refractivity contribution >= 4 is 23.1 Å². The molecule has 3 N–H and O–H groups in total. The number of nitrogens with two attached hydrogens (primary N) is 1. The second-order valence-corrected chi connectivity index (χ2v) is 5.42. The van der Waals surface area contributed by atoms with Crippen LogP contribution in [0.2, 0.25) is 0 Å². The Labute approximate surface area is 118 Å². The van der Waals surface area contributed by atoms with E-state index in [0.717, 1.165) is 37.8 Å². The number of nitrogens with zero attached hydrogens (tertiary/aromatic N) is 1. The predicted octanol–water partition coefficient (Wildman–Crippen LogP) is 1.59. The maximum atomic E-state index is 12.3. The number of rotatable bonds is 5. The van der Waals surface area contributed by atoms with Gasteiger partial charge in [0.25, 0.3) is 0 Å². The Morgan fingerprint density at radius 2 is 2.16 bits per heavy atom. The molecule has 2 rings (SSSR count). The van der Waals surface area contributed by atoms with Crippen LogP contribution in [0, 0.1) is 5.41 Å². The summed E-state index contributed by atoms with van der Waals surface area (Å²) in [6.45, 7) is 0.570. The molecule has 0 spiro atoms. The van der Waals surface area contributed by atoms with Gasteiger partial charge in [0.05, 0.1) is 10.4 Å². The van der Waals surface area contributed by atoms with Crippen molar-refractivity contribution in [1.29, 1.82) is 0 Å². The zero-order valence-corrected chi connectivity index (χ0v) is 11.7. The molecule has 4 nitrogen and oxygen atoms in total. The fourth-order valence-corrected chi connectivity index (χ4v) is 2.88. The highest BCUT2D eigenvalue weighted by molar-refractivity contribution is 7.80. The predicted molar refractivity (Wildman–Crippen MR) is 78.6 cm³/mol. The molecule has 1 aromatic heterocycles. The summed E-state index contributed by atoms with van der Waals surface area (Å²) < 4.78 is 0. The number of nitrogens with one attached hydrogen (secondary N) is 1. The Hall–Kier alpha value is -1.49. The first kappa shape index (κ1) is 13.9. The van der Waals surface area contributed by atoms with E-state index in [1.807, 2.05) is 18.2 Å². The second-order valence-electron chi connectivity index (χ2n) is 4.98. The first-order chi connectivity index (χ1) is 9.15. The first-order valence-corrected chi connectivity index (χ1v) is 7.04. The maximum Gasteiger partial charge on any atom is 0.233 e. The van der Waals surface area contributed by atoms with Gasteiger partial charge in [0.1, 0.15) is 0 Å². The van der Waals surface area contributed by atoms with Crippen LogP contribution in [0.5, 0.6) is 0 Å². The zero-order chi connectivity index (χ0) is 13.7. The molecule has 0 bridgehead atoms. The fourth-order valence-electron chi connectivity index (χ4n) is 2.58. The van der Waals surface area contributed by atoms with Gasteiger partial charge in [0, 0.05) is 24.9 Å². The van der Waals surface area contributed by atoms with Crippen molar-refractivity contribution in [3.05, 3.63) is 30.1 Å². The summed E-state index contributed by atoms with van der Waals surface area (Å²) in [5, 5.41) is 2.95. The third-order valence-electron chi connectivity index (χ3n) is 3.76. The molecular weight excluding hydrogens is 258 g/mol. The molecule has 0 aliphatic heterocycles. The molecule has 19 heavy (non-hydrogen) atoms. The molecule has 1 amide bonds. The van der Waals surface area contributed by atoms with Crippen LogP contribution in [0.3, 0.4) is 0 Å². The lowest BCUT2D eigenvalue weighted by molar-refractivity contribution is -0.127. The van der Waals surface area contributed by atoms with E-state index in [9.17, 15) is 4.79 Å². The molecular formula is C14H19N3OS. The molecule has 1 heterocycles. The van der Waals surface area contributed by atoms with E-state index in [0.29, 0.717) is 11.5 Å². The number of pyridine rings is 1. The molecule has 5 heteroatoms. The number of hydrogen-bond acceptors (Lipinski definition) is 3. The lowest BCUT2D eigenvalue weighted by Gasteiger charge is -2.26. The van der Waals surface area contributed by atoms with Crippen LogP contribution in [-0.4, -0.2) is 22.4 Å². The van der Waals surface area contributed by atoms with E-state index in [2.05, 4.69) is 10.3 Å². The topological polar surface area (TPSA) is 68.0 Å². The number of amides is 1. The average molecular weight is 277 g/mol. The Morgan fingerprint density at radius 1 is 1.42 bits per heavy atom. The molecule has 102 valence electrons. The van der Waals surface area contributed by atoms with Gasteiger partial charge < -0.3 is 11.1 Å². The van der Waals surface area contributed by atoms with Gasteiger partial charge in [-0.3, -0.25) is 9.78 Å². The van der Waals surface area contributed by atoms with Crippen molar-refractivity contribution in [1.82, 2.24) is 10.3 Å². The van der Waals surface area contributed by atoms with E-state index >= 15 is 0 Å². The monoisotopic (exact) mass is 277 g/mol. The van der Waals surface area contributed by atoms with Crippen molar-refractivity contribution in [2.24, 2.45) is 11.1 Å². The molecule has 1 saturated carbocycles. The Kier molecular flexibility index (Phi) is 4.47. The third-order valence-corrected chi connectivity index (χ3v) is 4.15. The number of hydrogen-bond donors (Lipinski definition) is 2. The van der Waals surface area contributed by atoms with Crippen molar-refractivity contribution in [3.63, 3.8) is 0 Å². The largest absolute Gasteiger partial charge is 0.392 e. The van der Waals surface area contributed by atoms with E-state index in [1.54, 1.807) is 6.20 Å². The fraction of sp³-hybridized carbons (Fsp3) is 0.500. The standard InChI is InChI=1S/C14H19N3OS/c15-12(19)14(7-2-3-8-14)13(18)17-10-6-11-5-1-4-9-16-11/h1,4-5,9H,2-3,6-8,10H2,(H2,15,19)(H,17,18). The highest BCUT2D eigenvalue weighted by atomic mass is 32.1. The smallest absolute Gasteiger partial charge is 0.233 e. The molecule has 0 unspecified atom stereocenters. The Bertz CT molecular complexity index is 455. The highest BCUT2D eigenvalue weighted by Crippen LogP contribution is 2.38. The van der Waals surface area contributed by atoms with Crippen LogP contribution < -0.4 is 11.1 Å². The second kappa shape index (κ2) is 6.10. The van der Waals surface area contributed by atoms with Crippen LogP contribution in [0.25, 0.3) is 0 Å². The third kappa shape index (κ3) is 3.10. The van der Waals surface area contributed by atoms with E-state index in [4.69, 9.17) is 18.0 Å². The van der Waals surface area contributed by atoms with Crippen LogP contribution in [-0.2, 0) is 11.2 Å². The molecule has 1 aliphatic carbocycles. The van der Waals surface area contributed by atoms with Gasteiger partial charge in [-0.1, -0.05) is 31.1 Å². The van der Waals surface area contributed by atoms with Crippen LogP contribution in [0.4, 0.5) is 0 Å². The number of carbonyl (C=O) groups is 1. The SMILES string of the molecule is NC(=S)C1(C(=O)NCCc2ccccn2)CCCC1. The van der Waals surface area contributed by atoms with Crippen molar-refractivity contribution in [2.45, 2.75) is 32.1 Å². The van der Waals surface area contributed by atoms with Gasteiger partial charge in [-0.2, -0.15) is 0 Å². The Morgan fingerprint density at radius 3 is 2.74 bits per heavy atom. The number of carbonyl (C=O) groups excluding carboxylic acids is 1. The molecule has 0 saturated heterocycles. The molecule has 0 aromatic carbocycles. The average Bonchev–Trinajstić information content (AvgIpc) is 2.90. The van der Waals surface area contributed by atoms with Crippen LogP contribution >= 0.6 is 12.2 Å². The van der Waals surface area contributed by atoms with Gasteiger partial charge in [0.2, 0.25) is 5.91 Å². The summed E-state index contributed by atoms with van der Waals surface area (Å²) in [5.74, 6) is -0.0200. The molecule has 1 aromatic rings. The molecule has 0 radical (unpaired) electrons. The van der Waals surface area contributed by atoms with Crippen molar-refractivity contribution in [2.75, 3.05) is 6.54 Å². The quantitative estimate of drug-likeness (QED) is 0.802. The van der Waals surface area contributed by atoms with Gasteiger partial charge in [-0.05, 0) is 25.0 Å². The summed E-state index contributed by atoms with van der Waals surface area (Å²) in [6, 6.07) is 5.77. The van der Waals surface area contributed by atoms with Crippen LogP contribution in [0.15, 0.2) is 24.4 Å². The van der Waals surface area contributed by atoms with E-state index < -0.39 is 5.41 Å². The number of thiocarbonyl (C=S) groups is 1. The first-order valence-electron chi connectivity index (χ1n) is 6.63. The molecule has 1 fully saturated rings. The van der Waals surface area contributed by atoms with Gasteiger partial charge >= 0.3 is 0 Å². The van der Waals surface area contributed by atoms with Gasteiger partial charge in [-0.25, -0.2) is 0 Å². The van der Waals surface area contributed by atoms with Crippen molar-refractivity contribution < 1.29 is 4.79 Å². The Balaban J connectivity index is 1.88. The molecule has 0 atom stereocenters. The van der Waals surface area contributed by atoms with E-state index in [1.165, 1.54) is 0 Å². The maximum absolute atomic E-state index is 12.3. The van der Waals surface area contributed by atoms with Crippen molar-refractivity contribution in [3.8, 4) is 0 Å². The lowest BCUT2D eigenvalue weighted by atomic mass is 9.85. The lowest BCUT2D eigenvalue weighted by Crippen LogP contribution is -2.47. The summed E-state index contributed by atoms with van der Waals surface area (Å²) >= 11 is 5.09. The summed E-state index contributed by atoms with van der Waals surface area (Å²) in [4.78, 5) is 16.9.